The lowest BCUT2D eigenvalue weighted by Gasteiger charge is -1.96. The van der Waals surface area contributed by atoms with E-state index >= 15 is 0 Å². The minimum absolute atomic E-state index is 0.258. The molecule has 0 aliphatic heterocycles. The van der Waals surface area contributed by atoms with E-state index in [2.05, 4.69) is 11.4 Å². The lowest BCUT2D eigenvalue weighted by molar-refractivity contribution is -0.128. The topological polar surface area (TPSA) is 26.3 Å². The predicted molar refractivity (Wildman–Crippen MR) is 49.1 cm³/mol. The van der Waals surface area contributed by atoms with Crippen LogP contribution < -0.4 is 0 Å². The first-order valence-corrected chi connectivity index (χ1v) is 4.27. The van der Waals surface area contributed by atoms with Crippen LogP contribution >= 0.6 is 9.47 Å². The predicted octanol–water partition coefficient (Wildman–Crippen LogP) is 2.46. The first-order chi connectivity index (χ1) is 5.22. The summed E-state index contributed by atoms with van der Waals surface area (Å²) in [5, 5.41) is 0. The van der Waals surface area contributed by atoms with Crippen LogP contribution in [0.25, 0.3) is 0 Å². The number of unbranched alkanes of at least 4 members (excludes halogenated alkanes) is 2. The van der Waals surface area contributed by atoms with Crippen molar-refractivity contribution in [1.82, 2.24) is 0 Å². The second kappa shape index (κ2) is 6.36. The summed E-state index contributed by atoms with van der Waals surface area (Å²) in [6, 6.07) is 0. The zero-order valence-corrected chi connectivity index (χ0v) is 8.25. The van der Waals surface area contributed by atoms with Crippen molar-refractivity contribution in [1.29, 1.82) is 0 Å². The molecule has 11 heavy (non-hydrogen) atoms. The van der Waals surface area contributed by atoms with Gasteiger partial charge in [0.25, 0.3) is 0 Å². The fourth-order valence-electron chi connectivity index (χ4n) is 0.699. The van der Waals surface area contributed by atoms with Gasteiger partial charge in [0.05, 0.1) is 9.47 Å². The minimum Gasteiger partial charge on any atom is -0.448 e. The van der Waals surface area contributed by atoms with Gasteiger partial charge in [-0.2, -0.15) is 0 Å². The Morgan fingerprint density at radius 3 is 2.73 bits per heavy atom. The van der Waals surface area contributed by atoms with E-state index in [1.807, 2.05) is 15.5 Å². The molecule has 0 aliphatic carbocycles. The molecule has 0 heterocycles. The van der Waals surface area contributed by atoms with E-state index in [1.165, 1.54) is 0 Å². The Hall–Kier alpha value is -0.360. The third-order valence-corrected chi connectivity index (χ3v) is 1.65. The van der Waals surface area contributed by atoms with Crippen LogP contribution in [-0.4, -0.2) is 5.97 Å². The van der Waals surface area contributed by atoms with E-state index in [4.69, 9.17) is 0 Å². The third-order valence-electron chi connectivity index (χ3n) is 1.44. The van der Waals surface area contributed by atoms with Gasteiger partial charge in [0.1, 0.15) is 0 Å². The van der Waals surface area contributed by atoms with Gasteiger partial charge >= 0.3 is 5.97 Å². The summed E-state index contributed by atoms with van der Waals surface area (Å²) in [5.74, 6) is -0.258. The molecule has 0 fully saturated rings. The van der Waals surface area contributed by atoms with Crippen molar-refractivity contribution in [3.05, 3.63) is 11.6 Å². The van der Waals surface area contributed by atoms with Crippen LogP contribution in [0, 0.1) is 0 Å². The number of carbonyl (C=O) groups is 1. The Morgan fingerprint density at radius 1 is 1.64 bits per heavy atom. The molecule has 0 aromatic carbocycles. The van der Waals surface area contributed by atoms with Crippen LogP contribution in [-0.2, 0) is 9.32 Å². The van der Waals surface area contributed by atoms with Gasteiger partial charge in [0.15, 0.2) is 0 Å². The Morgan fingerprint density at radius 2 is 2.27 bits per heavy atom. The molecule has 3 heteroatoms. The van der Waals surface area contributed by atoms with Gasteiger partial charge in [0.2, 0.25) is 0 Å². The maximum atomic E-state index is 10.8. The molecule has 0 spiro atoms. The fourth-order valence-corrected chi connectivity index (χ4v) is 0.885. The maximum absolute atomic E-state index is 10.8. The van der Waals surface area contributed by atoms with Crippen LogP contribution in [0.2, 0.25) is 0 Å². The second-order valence-electron chi connectivity index (χ2n) is 2.43. The molecule has 0 rings (SSSR count). The first kappa shape index (κ1) is 10.6. The third kappa shape index (κ3) is 4.97. The Labute approximate surface area is 70.3 Å². The van der Waals surface area contributed by atoms with Crippen molar-refractivity contribution >= 4 is 15.4 Å². The van der Waals surface area contributed by atoms with E-state index in [-0.39, 0.29) is 5.97 Å². The highest BCUT2D eigenvalue weighted by Gasteiger charge is 2.00. The summed E-state index contributed by atoms with van der Waals surface area (Å²) < 4.78 is 4.45. The quantitative estimate of drug-likeness (QED) is 0.371. The largest absolute Gasteiger partial charge is 0.448 e. The van der Waals surface area contributed by atoms with Crippen molar-refractivity contribution in [2.45, 2.75) is 33.1 Å². The maximum Gasteiger partial charge on any atom is 0.335 e. The summed E-state index contributed by atoms with van der Waals surface area (Å²) in [7, 11) is 1.95. The van der Waals surface area contributed by atoms with E-state index in [0.717, 1.165) is 19.3 Å². The summed E-state index contributed by atoms with van der Waals surface area (Å²) in [5.41, 5.74) is 0.688. The van der Waals surface area contributed by atoms with Crippen LogP contribution in [0.1, 0.15) is 33.1 Å². The molecular weight excluding hydrogens is 159 g/mol. The highest BCUT2D eigenvalue weighted by atomic mass is 31.0. The van der Waals surface area contributed by atoms with Crippen LogP contribution in [0.4, 0.5) is 0 Å². The van der Waals surface area contributed by atoms with Gasteiger partial charge in [-0.15, -0.1) is 0 Å². The normalized spacial score (nSPS) is 11.4. The van der Waals surface area contributed by atoms with Crippen molar-refractivity contribution < 1.29 is 9.32 Å². The van der Waals surface area contributed by atoms with Gasteiger partial charge in [-0.3, -0.25) is 0 Å². The molecule has 1 atom stereocenters. The van der Waals surface area contributed by atoms with Gasteiger partial charge in [-0.1, -0.05) is 25.8 Å². The van der Waals surface area contributed by atoms with Crippen LogP contribution in [0.5, 0.6) is 0 Å². The smallest absolute Gasteiger partial charge is 0.335 e. The van der Waals surface area contributed by atoms with Gasteiger partial charge in [-0.25, -0.2) is 4.79 Å². The zero-order valence-electron chi connectivity index (χ0n) is 7.09. The summed E-state index contributed by atoms with van der Waals surface area (Å²) in [6.45, 7) is 3.89. The molecule has 0 amide bonds. The Bertz CT molecular complexity index is 152. The highest BCUT2D eigenvalue weighted by Crippen LogP contribution is 2.04. The molecule has 2 nitrogen and oxygen atoms in total. The number of carbonyl (C=O) groups excluding carboxylic acids is 1. The minimum atomic E-state index is -0.258. The van der Waals surface area contributed by atoms with Gasteiger partial charge in [-0.05, 0) is 13.3 Å². The average Bonchev–Trinajstić information content (AvgIpc) is 2.03. The Kier molecular flexibility index (Phi) is 6.15. The van der Waals surface area contributed by atoms with E-state index in [9.17, 15) is 4.79 Å². The summed E-state index contributed by atoms with van der Waals surface area (Å²) in [4.78, 5) is 10.8. The SMILES string of the molecule is CCCCC=C(C)C(=O)OP. The molecule has 0 saturated carbocycles. The molecule has 0 aliphatic rings. The van der Waals surface area contributed by atoms with Crippen molar-refractivity contribution in [3.63, 3.8) is 0 Å². The first-order valence-electron chi connectivity index (χ1n) is 3.80. The number of hydrogen-bond donors (Lipinski definition) is 0. The van der Waals surface area contributed by atoms with E-state index in [0.29, 0.717) is 5.57 Å². The molecule has 0 saturated heterocycles. The average molecular weight is 174 g/mol. The van der Waals surface area contributed by atoms with Gasteiger partial charge in [0, 0.05) is 5.57 Å². The molecule has 64 valence electrons. The molecular formula is C8H15O2P. The second-order valence-corrected chi connectivity index (χ2v) is 2.67. The summed E-state index contributed by atoms with van der Waals surface area (Å²) in [6.07, 6.45) is 5.15. The molecule has 0 radical (unpaired) electrons. The number of hydrogen-bond acceptors (Lipinski definition) is 2. The van der Waals surface area contributed by atoms with Gasteiger partial charge < -0.3 is 4.52 Å². The van der Waals surface area contributed by atoms with Crippen LogP contribution in [0.15, 0.2) is 11.6 Å². The van der Waals surface area contributed by atoms with Crippen LogP contribution in [0.3, 0.4) is 0 Å². The van der Waals surface area contributed by atoms with E-state index < -0.39 is 0 Å². The number of allylic oxidation sites excluding steroid dienone is 1. The Balaban J connectivity index is 3.71. The zero-order chi connectivity index (χ0) is 8.69. The van der Waals surface area contributed by atoms with Crippen molar-refractivity contribution in [2.75, 3.05) is 0 Å². The van der Waals surface area contributed by atoms with E-state index in [1.54, 1.807) is 6.92 Å². The molecule has 0 N–H and O–H groups in total. The number of rotatable bonds is 4. The fraction of sp³-hybridized carbons (Fsp3) is 0.625. The van der Waals surface area contributed by atoms with Crippen molar-refractivity contribution in [3.8, 4) is 0 Å². The molecule has 0 aromatic heterocycles. The molecule has 0 bridgehead atoms. The molecule has 0 aromatic rings. The lowest BCUT2D eigenvalue weighted by Crippen LogP contribution is -1.97. The highest BCUT2D eigenvalue weighted by molar-refractivity contribution is 7.10. The summed E-state index contributed by atoms with van der Waals surface area (Å²) >= 11 is 0. The molecule has 1 unspecified atom stereocenters. The standard InChI is InChI=1S/C8H15O2P/c1-3-4-5-6-7(2)8(9)10-11/h6H,3-5,11H2,1-2H3. The lowest BCUT2D eigenvalue weighted by atomic mass is 10.2. The monoisotopic (exact) mass is 174 g/mol. The van der Waals surface area contributed by atoms with Crippen molar-refractivity contribution in [2.24, 2.45) is 0 Å².